The Balaban J connectivity index is 1.72. The number of piperazine rings is 1. The molecule has 2 aromatic carbocycles. The van der Waals surface area contributed by atoms with Crippen LogP contribution < -0.4 is 0 Å². The van der Waals surface area contributed by atoms with Gasteiger partial charge in [-0.05, 0) is 30.3 Å². The summed E-state index contributed by atoms with van der Waals surface area (Å²) in [5, 5.41) is 10.8. The van der Waals surface area contributed by atoms with Crippen molar-refractivity contribution in [2.24, 2.45) is 0 Å². The average molecular weight is 411 g/mol. The molecule has 0 atom stereocenters. The maximum Gasteiger partial charge on any atom is 0.305 e. The predicted molar refractivity (Wildman–Crippen MR) is 94.1 cm³/mol. The van der Waals surface area contributed by atoms with Gasteiger partial charge in [-0.2, -0.15) is 8.70 Å². The van der Waals surface area contributed by atoms with Gasteiger partial charge < -0.3 is 4.90 Å². The molecule has 0 N–H and O–H groups in total. The fourth-order valence-corrected chi connectivity index (χ4v) is 4.33. The van der Waals surface area contributed by atoms with E-state index in [0.29, 0.717) is 0 Å². The van der Waals surface area contributed by atoms with Crippen molar-refractivity contribution in [2.45, 2.75) is 4.90 Å². The number of hydrogen-bond acceptors (Lipinski definition) is 5. The second-order valence-electron chi connectivity index (χ2n) is 6.08. The van der Waals surface area contributed by atoms with Gasteiger partial charge in [-0.3, -0.25) is 14.9 Å². The molecule has 1 aliphatic rings. The third-order valence-electron chi connectivity index (χ3n) is 4.35. The van der Waals surface area contributed by atoms with Gasteiger partial charge in [-0.25, -0.2) is 12.8 Å². The number of nitro groups is 1. The highest BCUT2D eigenvalue weighted by Crippen LogP contribution is 2.22. The van der Waals surface area contributed by atoms with Crippen molar-refractivity contribution in [1.82, 2.24) is 9.21 Å². The first-order chi connectivity index (χ1) is 13.2. The Morgan fingerprint density at radius 3 is 2.32 bits per heavy atom. The van der Waals surface area contributed by atoms with Crippen LogP contribution in [0.2, 0.25) is 0 Å². The number of hydrogen-bond donors (Lipinski definition) is 0. The van der Waals surface area contributed by atoms with Gasteiger partial charge in [0.2, 0.25) is 15.8 Å². The minimum Gasteiger partial charge on any atom is -0.336 e. The molecule has 0 bridgehead atoms. The van der Waals surface area contributed by atoms with Crippen molar-refractivity contribution in [3.63, 3.8) is 0 Å². The fraction of sp³-hybridized carbons (Fsp3) is 0.235. The molecule has 3 rings (SSSR count). The van der Waals surface area contributed by atoms with Gasteiger partial charge in [0, 0.05) is 37.8 Å². The molecular weight excluding hydrogens is 396 g/mol. The third kappa shape index (κ3) is 3.85. The summed E-state index contributed by atoms with van der Waals surface area (Å²) in [6, 6.07) is 7.48. The van der Waals surface area contributed by atoms with Crippen molar-refractivity contribution >= 4 is 21.6 Å². The Morgan fingerprint density at radius 1 is 1.04 bits per heavy atom. The SMILES string of the molecule is O=C(c1ccc(F)c([N+](=O)[O-])c1)N1CCN(S(=O)(=O)c2cccc(F)c2)CC1. The molecule has 0 radical (unpaired) electrons. The third-order valence-corrected chi connectivity index (χ3v) is 6.24. The quantitative estimate of drug-likeness (QED) is 0.566. The lowest BCUT2D eigenvalue weighted by molar-refractivity contribution is -0.387. The van der Waals surface area contributed by atoms with E-state index < -0.39 is 38.2 Å². The Bertz CT molecular complexity index is 1040. The summed E-state index contributed by atoms with van der Waals surface area (Å²) in [5.41, 5.74) is -0.868. The van der Waals surface area contributed by atoms with Crippen molar-refractivity contribution in [1.29, 1.82) is 0 Å². The largest absolute Gasteiger partial charge is 0.336 e. The minimum atomic E-state index is -3.91. The minimum absolute atomic E-state index is 0.0200. The fourth-order valence-electron chi connectivity index (χ4n) is 2.88. The van der Waals surface area contributed by atoms with Crippen molar-refractivity contribution in [3.05, 3.63) is 69.8 Å². The zero-order valence-electron chi connectivity index (χ0n) is 14.4. The molecule has 1 aliphatic heterocycles. The molecule has 8 nitrogen and oxygen atoms in total. The first kappa shape index (κ1) is 19.8. The highest BCUT2D eigenvalue weighted by molar-refractivity contribution is 7.89. The lowest BCUT2D eigenvalue weighted by atomic mass is 10.1. The van der Waals surface area contributed by atoms with Crippen LogP contribution in [0.4, 0.5) is 14.5 Å². The van der Waals surface area contributed by atoms with Gasteiger partial charge in [-0.1, -0.05) is 6.07 Å². The number of carbonyl (C=O) groups is 1. The van der Waals surface area contributed by atoms with Crippen LogP contribution in [0, 0.1) is 21.7 Å². The normalized spacial score (nSPS) is 15.4. The van der Waals surface area contributed by atoms with Crippen molar-refractivity contribution in [3.8, 4) is 0 Å². The molecule has 1 amide bonds. The lowest BCUT2D eigenvalue weighted by Crippen LogP contribution is -2.50. The highest BCUT2D eigenvalue weighted by atomic mass is 32.2. The van der Waals surface area contributed by atoms with Crippen molar-refractivity contribution in [2.75, 3.05) is 26.2 Å². The van der Waals surface area contributed by atoms with E-state index in [4.69, 9.17) is 0 Å². The van der Waals surface area contributed by atoms with Gasteiger partial charge in [0.25, 0.3) is 5.91 Å². The number of halogens is 2. The number of carbonyl (C=O) groups excluding carboxylic acids is 1. The molecule has 0 aliphatic carbocycles. The lowest BCUT2D eigenvalue weighted by Gasteiger charge is -2.34. The van der Waals surface area contributed by atoms with Gasteiger partial charge in [-0.15, -0.1) is 0 Å². The van der Waals surface area contributed by atoms with E-state index in [-0.39, 0.29) is 36.6 Å². The zero-order valence-corrected chi connectivity index (χ0v) is 15.2. The van der Waals surface area contributed by atoms with E-state index in [1.54, 1.807) is 0 Å². The van der Waals surface area contributed by atoms with Gasteiger partial charge in [0.05, 0.1) is 9.82 Å². The summed E-state index contributed by atoms with van der Waals surface area (Å²) < 4.78 is 53.1. The predicted octanol–water partition coefficient (Wildman–Crippen LogP) is 2.02. The Morgan fingerprint density at radius 2 is 1.71 bits per heavy atom. The van der Waals surface area contributed by atoms with E-state index in [9.17, 15) is 32.1 Å². The number of sulfonamides is 1. The standard InChI is InChI=1S/C17H15F2N3O5S/c18-13-2-1-3-14(11-13)28(26,27)21-8-6-20(7-9-21)17(23)12-4-5-15(19)16(10-12)22(24)25/h1-5,10-11H,6-9H2. The van der Waals surface area contributed by atoms with Crippen LogP contribution in [0.5, 0.6) is 0 Å². The monoisotopic (exact) mass is 411 g/mol. The number of amides is 1. The molecule has 0 saturated carbocycles. The van der Waals surface area contributed by atoms with Gasteiger partial charge in [0.1, 0.15) is 5.82 Å². The smallest absolute Gasteiger partial charge is 0.305 e. The summed E-state index contributed by atoms with van der Waals surface area (Å²) >= 11 is 0. The number of nitro benzene ring substituents is 1. The number of benzene rings is 2. The molecule has 11 heteroatoms. The maximum absolute atomic E-state index is 13.4. The summed E-state index contributed by atoms with van der Waals surface area (Å²) in [6.07, 6.45) is 0. The first-order valence-electron chi connectivity index (χ1n) is 8.19. The Kier molecular flexibility index (Phi) is 5.38. The molecule has 28 heavy (non-hydrogen) atoms. The van der Waals surface area contributed by atoms with Crippen LogP contribution in [0.3, 0.4) is 0 Å². The summed E-state index contributed by atoms with van der Waals surface area (Å²) in [4.78, 5) is 23.6. The Hall–Kier alpha value is -2.92. The molecule has 0 unspecified atom stereocenters. The molecule has 148 valence electrons. The summed E-state index contributed by atoms with van der Waals surface area (Å²) in [5.74, 6) is -2.29. The van der Waals surface area contributed by atoms with E-state index in [1.807, 2.05) is 0 Å². The van der Waals surface area contributed by atoms with E-state index >= 15 is 0 Å². The van der Waals surface area contributed by atoms with Crippen LogP contribution in [-0.2, 0) is 10.0 Å². The second-order valence-corrected chi connectivity index (χ2v) is 8.01. The van der Waals surface area contributed by atoms with E-state index in [2.05, 4.69) is 0 Å². The Labute approximate surface area is 159 Å². The van der Waals surface area contributed by atoms with Gasteiger partial charge >= 0.3 is 5.69 Å². The van der Waals surface area contributed by atoms with Crippen LogP contribution in [0.1, 0.15) is 10.4 Å². The number of nitrogens with zero attached hydrogens (tertiary/aromatic N) is 3. The molecule has 2 aromatic rings. The van der Waals surface area contributed by atoms with E-state index in [0.717, 1.165) is 34.6 Å². The van der Waals surface area contributed by atoms with Crippen LogP contribution in [-0.4, -0.2) is 54.6 Å². The molecule has 1 heterocycles. The van der Waals surface area contributed by atoms with E-state index in [1.165, 1.54) is 17.0 Å². The topological polar surface area (TPSA) is 101 Å². The zero-order chi connectivity index (χ0) is 20.5. The van der Waals surface area contributed by atoms with Crippen LogP contribution in [0.15, 0.2) is 47.4 Å². The molecular formula is C17H15F2N3O5S. The van der Waals surface area contributed by atoms with Crippen LogP contribution in [0.25, 0.3) is 0 Å². The summed E-state index contributed by atoms with van der Waals surface area (Å²) in [6.45, 7) is 0.0405. The van der Waals surface area contributed by atoms with Gasteiger partial charge in [0.15, 0.2) is 0 Å². The molecule has 0 aromatic heterocycles. The summed E-state index contributed by atoms with van der Waals surface area (Å²) in [7, 11) is -3.91. The maximum atomic E-state index is 13.4. The first-order valence-corrected chi connectivity index (χ1v) is 9.63. The second kappa shape index (κ2) is 7.60. The molecule has 0 spiro atoms. The number of rotatable bonds is 4. The highest BCUT2D eigenvalue weighted by Gasteiger charge is 2.31. The van der Waals surface area contributed by atoms with Crippen LogP contribution >= 0.6 is 0 Å². The molecule has 1 fully saturated rings. The average Bonchev–Trinajstić information content (AvgIpc) is 2.67. The molecule has 1 saturated heterocycles. The van der Waals surface area contributed by atoms with Crippen molar-refractivity contribution < 1.29 is 26.9 Å².